The van der Waals surface area contributed by atoms with E-state index in [9.17, 15) is 9.59 Å². The Labute approximate surface area is 146 Å². The second-order valence-electron chi connectivity index (χ2n) is 5.18. The molecule has 2 amide bonds. The first-order valence-corrected chi connectivity index (χ1v) is 8.50. The number of rotatable bonds is 7. The van der Waals surface area contributed by atoms with Gasteiger partial charge in [0.15, 0.2) is 0 Å². The average molecular weight is 340 g/mol. The average Bonchev–Trinajstić information content (AvgIpc) is 2.60. The monoisotopic (exact) mass is 340 g/mol. The molecule has 2 rings (SSSR count). The lowest BCUT2D eigenvalue weighted by Crippen LogP contribution is -2.25. The molecule has 0 aromatic heterocycles. The molecule has 0 fully saturated rings. The van der Waals surface area contributed by atoms with Crippen LogP contribution in [0.5, 0.6) is 0 Å². The maximum Gasteiger partial charge on any atom is 0.252 e. The summed E-state index contributed by atoms with van der Waals surface area (Å²) in [6.07, 6.45) is 3.85. The van der Waals surface area contributed by atoms with E-state index in [0.717, 1.165) is 10.5 Å². The van der Waals surface area contributed by atoms with E-state index >= 15 is 0 Å². The zero-order valence-electron chi connectivity index (χ0n) is 13.4. The van der Waals surface area contributed by atoms with Crippen LogP contribution in [-0.2, 0) is 4.79 Å². The molecule has 124 valence electrons. The molecule has 1 unspecified atom stereocenters. The first-order valence-electron chi connectivity index (χ1n) is 7.62. The lowest BCUT2D eigenvalue weighted by molar-refractivity contribution is -0.117. The second-order valence-corrected chi connectivity index (χ2v) is 6.56. The van der Waals surface area contributed by atoms with Gasteiger partial charge in [-0.05, 0) is 24.6 Å². The molecule has 0 radical (unpaired) electrons. The van der Waals surface area contributed by atoms with Gasteiger partial charge in [0.05, 0.1) is 10.8 Å². The summed E-state index contributed by atoms with van der Waals surface area (Å²) >= 11 is 1.29. The molecule has 5 heteroatoms. The van der Waals surface area contributed by atoms with Gasteiger partial charge in [-0.1, -0.05) is 54.6 Å². The zero-order chi connectivity index (χ0) is 17.4. The van der Waals surface area contributed by atoms with Gasteiger partial charge >= 0.3 is 0 Å². The fraction of sp³-hybridized carbons (Fsp3) is 0.158. The number of nitrogens with one attached hydrogen (secondary N) is 1. The van der Waals surface area contributed by atoms with Crippen molar-refractivity contribution in [1.82, 2.24) is 5.32 Å². The Morgan fingerprint density at radius 1 is 1.12 bits per heavy atom. The quantitative estimate of drug-likeness (QED) is 0.761. The molecular formula is C19H20N2O2S. The molecule has 0 bridgehead atoms. The highest BCUT2D eigenvalue weighted by atomic mass is 32.2. The van der Waals surface area contributed by atoms with E-state index in [0.29, 0.717) is 12.1 Å². The van der Waals surface area contributed by atoms with Gasteiger partial charge in [0, 0.05) is 11.4 Å². The van der Waals surface area contributed by atoms with Gasteiger partial charge in [0.25, 0.3) is 5.91 Å². The number of carbonyl (C=O) groups is 2. The molecule has 0 saturated carbocycles. The van der Waals surface area contributed by atoms with Crippen LogP contribution in [0.1, 0.15) is 22.8 Å². The Morgan fingerprint density at radius 3 is 2.50 bits per heavy atom. The minimum atomic E-state index is -0.402. The molecule has 0 aliphatic rings. The summed E-state index contributed by atoms with van der Waals surface area (Å²) in [5.74, 6) is -0.575. The number of nitrogens with two attached hydrogens (primary N) is 1. The van der Waals surface area contributed by atoms with Crippen LogP contribution in [0.15, 0.2) is 65.6 Å². The van der Waals surface area contributed by atoms with Crippen molar-refractivity contribution in [3.8, 4) is 0 Å². The molecule has 1 atom stereocenters. The summed E-state index contributed by atoms with van der Waals surface area (Å²) in [5.41, 5.74) is 6.92. The van der Waals surface area contributed by atoms with E-state index in [1.807, 2.05) is 54.6 Å². The number of hydrogen-bond acceptors (Lipinski definition) is 3. The first kappa shape index (κ1) is 17.8. The topological polar surface area (TPSA) is 72.2 Å². The zero-order valence-corrected chi connectivity index (χ0v) is 14.3. The van der Waals surface area contributed by atoms with Gasteiger partial charge < -0.3 is 11.1 Å². The Morgan fingerprint density at radius 2 is 1.79 bits per heavy atom. The van der Waals surface area contributed by atoms with Crippen LogP contribution in [0.3, 0.4) is 0 Å². The van der Waals surface area contributed by atoms with Crippen LogP contribution in [0.25, 0.3) is 6.08 Å². The van der Waals surface area contributed by atoms with Gasteiger partial charge in [-0.3, -0.25) is 9.59 Å². The fourth-order valence-electron chi connectivity index (χ4n) is 2.01. The van der Waals surface area contributed by atoms with Gasteiger partial charge in [-0.2, -0.15) is 0 Å². The molecule has 0 aliphatic heterocycles. The number of hydrogen-bond donors (Lipinski definition) is 2. The van der Waals surface area contributed by atoms with Crippen molar-refractivity contribution in [1.29, 1.82) is 0 Å². The summed E-state index contributed by atoms with van der Waals surface area (Å²) in [6.45, 7) is 2.16. The molecule has 0 heterocycles. The predicted molar refractivity (Wildman–Crippen MR) is 98.8 cm³/mol. The normalized spacial score (nSPS) is 12.0. The van der Waals surface area contributed by atoms with E-state index in [1.165, 1.54) is 11.8 Å². The maximum absolute atomic E-state index is 12.4. The van der Waals surface area contributed by atoms with Crippen molar-refractivity contribution >= 4 is 29.7 Å². The Bertz CT molecular complexity index is 729. The van der Waals surface area contributed by atoms with Gasteiger partial charge in [-0.15, -0.1) is 11.8 Å². The van der Waals surface area contributed by atoms with E-state index in [4.69, 9.17) is 5.73 Å². The van der Waals surface area contributed by atoms with Crippen LogP contribution in [-0.4, -0.2) is 23.6 Å². The first-order chi connectivity index (χ1) is 11.6. The van der Waals surface area contributed by atoms with E-state index in [1.54, 1.807) is 19.1 Å². The molecule has 3 N–H and O–H groups in total. The van der Waals surface area contributed by atoms with Crippen LogP contribution >= 0.6 is 11.8 Å². The SMILES string of the molecule is CC(Sc1ccccc1C(=O)NC/C=C/c1ccccc1)C(N)=O. The molecule has 4 nitrogen and oxygen atoms in total. The third kappa shape index (κ3) is 5.28. The number of thioether (sulfide) groups is 1. The largest absolute Gasteiger partial charge is 0.369 e. The third-order valence-electron chi connectivity index (χ3n) is 3.33. The summed E-state index contributed by atoms with van der Waals surface area (Å²) in [5, 5.41) is 2.47. The lowest BCUT2D eigenvalue weighted by atomic mass is 10.2. The van der Waals surface area contributed by atoms with Crippen molar-refractivity contribution in [2.24, 2.45) is 5.73 Å². The molecule has 2 aromatic rings. The van der Waals surface area contributed by atoms with E-state index in [-0.39, 0.29) is 5.91 Å². The van der Waals surface area contributed by atoms with Crippen LogP contribution < -0.4 is 11.1 Å². The smallest absolute Gasteiger partial charge is 0.252 e. The highest BCUT2D eigenvalue weighted by molar-refractivity contribution is 8.00. The molecule has 0 spiro atoms. The molecule has 2 aromatic carbocycles. The second kappa shape index (κ2) is 8.93. The summed E-state index contributed by atoms with van der Waals surface area (Å²) in [7, 11) is 0. The third-order valence-corrected chi connectivity index (χ3v) is 4.52. The van der Waals surface area contributed by atoms with Crippen LogP contribution in [0.2, 0.25) is 0 Å². The number of carbonyl (C=O) groups excluding carboxylic acids is 2. The number of amides is 2. The van der Waals surface area contributed by atoms with Gasteiger partial charge in [0.1, 0.15) is 0 Å². The minimum absolute atomic E-state index is 0.174. The molecular weight excluding hydrogens is 320 g/mol. The van der Waals surface area contributed by atoms with E-state index < -0.39 is 11.2 Å². The fourth-order valence-corrected chi connectivity index (χ4v) is 2.95. The van der Waals surface area contributed by atoms with Crippen LogP contribution in [0, 0.1) is 0 Å². The highest BCUT2D eigenvalue weighted by Gasteiger charge is 2.16. The highest BCUT2D eigenvalue weighted by Crippen LogP contribution is 2.26. The van der Waals surface area contributed by atoms with E-state index in [2.05, 4.69) is 5.32 Å². The predicted octanol–water partition coefficient (Wildman–Crippen LogP) is 3.10. The van der Waals surface area contributed by atoms with Gasteiger partial charge in [-0.25, -0.2) is 0 Å². The number of primary amides is 1. The summed E-state index contributed by atoms with van der Waals surface area (Å²) < 4.78 is 0. The lowest BCUT2D eigenvalue weighted by Gasteiger charge is -2.11. The van der Waals surface area contributed by atoms with Crippen molar-refractivity contribution in [3.05, 3.63) is 71.8 Å². The standard InChI is InChI=1S/C19H20N2O2S/c1-14(18(20)22)24-17-12-6-5-11-16(17)19(23)21-13-7-10-15-8-3-2-4-9-15/h2-12,14H,13H2,1H3,(H2,20,22)(H,21,23)/b10-7+. The van der Waals surface area contributed by atoms with Crippen molar-refractivity contribution < 1.29 is 9.59 Å². The Balaban J connectivity index is 1.97. The minimum Gasteiger partial charge on any atom is -0.369 e. The molecule has 24 heavy (non-hydrogen) atoms. The molecule has 0 saturated heterocycles. The van der Waals surface area contributed by atoms with Crippen LogP contribution in [0.4, 0.5) is 0 Å². The summed E-state index contributed by atoms with van der Waals surface area (Å²) in [6, 6.07) is 17.1. The van der Waals surface area contributed by atoms with Crippen molar-refractivity contribution in [2.75, 3.05) is 6.54 Å². The Hall–Kier alpha value is -2.53. The van der Waals surface area contributed by atoms with Gasteiger partial charge in [0.2, 0.25) is 5.91 Å². The maximum atomic E-state index is 12.4. The van der Waals surface area contributed by atoms with Crippen molar-refractivity contribution in [2.45, 2.75) is 17.1 Å². The molecule has 0 aliphatic carbocycles. The van der Waals surface area contributed by atoms with Crippen molar-refractivity contribution in [3.63, 3.8) is 0 Å². The Kier molecular flexibility index (Phi) is 6.63. The number of benzene rings is 2. The summed E-state index contributed by atoms with van der Waals surface area (Å²) in [4.78, 5) is 24.3.